The van der Waals surface area contributed by atoms with Crippen LogP contribution in [0.4, 0.5) is 5.69 Å². The van der Waals surface area contributed by atoms with Crippen LogP contribution in [0.15, 0.2) is 43.0 Å². The molecule has 1 fully saturated rings. The average molecular weight is 299 g/mol. The zero-order chi connectivity index (χ0) is 15.4. The van der Waals surface area contributed by atoms with Gasteiger partial charge in [-0.2, -0.15) is 0 Å². The molecule has 0 radical (unpaired) electrons. The van der Waals surface area contributed by atoms with Crippen LogP contribution in [0.3, 0.4) is 0 Å². The fraction of sp³-hybridized carbons (Fsp3) is 0.412. The molecule has 1 aromatic heterocycles. The molecule has 0 bridgehead atoms. The fourth-order valence-electron chi connectivity index (χ4n) is 3.09. The number of hydrogen-bond donors (Lipinski definition) is 2. The Labute approximate surface area is 130 Å². The highest BCUT2D eigenvalue weighted by Crippen LogP contribution is 2.31. The molecule has 2 aromatic rings. The monoisotopic (exact) mass is 299 g/mol. The van der Waals surface area contributed by atoms with Crippen LogP contribution in [0.2, 0.25) is 0 Å². The molecular formula is C17H21N3O2. The highest BCUT2D eigenvalue weighted by molar-refractivity contribution is 5.93. The first kappa shape index (κ1) is 14.8. The smallest absolute Gasteiger partial charge is 0.227 e. The molecule has 3 rings (SSSR count). The molecule has 22 heavy (non-hydrogen) atoms. The number of aliphatic hydroxyl groups is 1. The Morgan fingerprint density at radius 1 is 1.27 bits per heavy atom. The van der Waals surface area contributed by atoms with Gasteiger partial charge in [-0.3, -0.25) is 4.79 Å². The van der Waals surface area contributed by atoms with Crippen molar-refractivity contribution in [3.8, 4) is 5.69 Å². The van der Waals surface area contributed by atoms with Gasteiger partial charge in [-0.15, -0.1) is 0 Å². The van der Waals surface area contributed by atoms with Gasteiger partial charge in [0.1, 0.15) is 0 Å². The summed E-state index contributed by atoms with van der Waals surface area (Å²) >= 11 is 0. The van der Waals surface area contributed by atoms with Gasteiger partial charge in [-0.1, -0.05) is 31.4 Å². The Balaban J connectivity index is 1.72. The Hall–Kier alpha value is -2.14. The standard InChI is InChI=1S/C17H21N3O2/c21-16(12-17(22)8-4-1-5-9-17)19-14-6-2-3-7-15(14)20-11-10-18-13-20/h2-3,6-7,10-11,13,22H,1,4-5,8-9,12H2,(H,19,21). The number of imidazole rings is 1. The second-order valence-corrected chi connectivity index (χ2v) is 6.00. The van der Waals surface area contributed by atoms with Crippen molar-refractivity contribution in [3.63, 3.8) is 0 Å². The molecule has 0 unspecified atom stereocenters. The van der Waals surface area contributed by atoms with E-state index in [4.69, 9.17) is 0 Å². The van der Waals surface area contributed by atoms with Crippen LogP contribution in [0.25, 0.3) is 5.69 Å². The largest absolute Gasteiger partial charge is 0.389 e. The van der Waals surface area contributed by atoms with E-state index in [2.05, 4.69) is 10.3 Å². The summed E-state index contributed by atoms with van der Waals surface area (Å²) in [6.07, 6.45) is 9.94. The number of carbonyl (C=O) groups excluding carboxylic acids is 1. The molecule has 5 heteroatoms. The molecular weight excluding hydrogens is 278 g/mol. The first-order valence-corrected chi connectivity index (χ1v) is 7.76. The first-order chi connectivity index (χ1) is 10.7. The maximum atomic E-state index is 12.3. The van der Waals surface area contributed by atoms with Gasteiger partial charge in [-0.25, -0.2) is 4.98 Å². The van der Waals surface area contributed by atoms with Gasteiger partial charge in [0.05, 0.1) is 29.7 Å². The Morgan fingerprint density at radius 3 is 2.77 bits per heavy atom. The van der Waals surface area contributed by atoms with E-state index in [1.807, 2.05) is 35.0 Å². The van der Waals surface area contributed by atoms with Gasteiger partial charge in [-0.05, 0) is 25.0 Å². The number of aromatic nitrogens is 2. The SMILES string of the molecule is O=C(CC1(O)CCCCC1)Nc1ccccc1-n1ccnc1. The van der Waals surface area contributed by atoms with Gasteiger partial charge in [0.15, 0.2) is 0 Å². The van der Waals surface area contributed by atoms with E-state index < -0.39 is 5.60 Å². The third-order valence-electron chi connectivity index (χ3n) is 4.23. The van der Waals surface area contributed by atoms with E-state index in [0.717, 1.165) is 30.6 Å². The third kappa shape index (κ3) is 3.36. The Bertz CT molecular complexity index is 631. The molecule has 0 spiro atoms. The lowest BCUT2D eigenvalue weighted by Crippen LogP contribution is -2.36. The highest BCUT2D eigenvalue weighted by atomic mass is 16.3. The van der Waals surface area contributed by atoms with Crippen molar-refractivity contribution in [2.75, 3.05) is 5.32 Å². The number of benzene rings is 1. The van der Waals surface area contributed by atoms with Gasteiger partial charge < -0.3 is 15.0 Å². The molecule has 1 amide bonds. The molecule has 1 aliphatic carbocycles. The summed E-state index contributed by atoms with van der Waals surface area (Å²) in [5, 5.41) is 13.4. The lowest BCUT2D eigenvalue weighted by atomic mass is 9.82. The second kappa shape index (κ2) is 6.32. The lowest BCUT2D eigenvalue weighted by Gasteiger charge is -2.31. The van der Waals surface area contributed by atoms with Crippen molar-refractivity contribution in [3.05, 3.63) is 43.0 Å². The minimum absolute atomic E-state index is 0.142. The number of rotatable bonds is 4. The fourth-order valence-corrected chi connectivity index (χ4v) is 3.09. The number of carbonyl (C=O) groups is 1. The van der Waals surface area contributed by atoms with Crippen LogP contribution in [-0.2, 0) is 4.79 Å². The van der Waals surface area contributed by atoms with E-state index in [1.54, 1.807) is 12.5 Å². The molecule has 1 aromatic carbocycles. The normalized spacial score (nSPS) is 17.1. The van der Waals surface area contributed by atoms with Crippen LogP contribution in [0.1, 0.15) is 38.5 Å². The van der Waals surface area contributed by atoms with Gasteiger partial charge in [0.2, 0.25) is 5.91 Å². The number of hydrogen-bond acceptors (Lipinski definition) is 3. The van der Waals surface area contributed by atoms with Crippen molar-refractivity contribution < 1.29 is 9.90 Å². The first-order valence-electron chi connectivity index (χ1n) is 7.76. The van der Waals surface area contributed by atoms with E-state index in [1.165, 1.54) is 0 Å². The van der Waals surface area contributed by atoms with Crippen molar-refractivity contribution >= 4 is 11.6 Å². The summed E-state index contributed by atoms with van der Waals surface area (Å²) in [6, 6.07) is 7.58. The molecule has 1 saturated carbocycles. The Morgan fingerprint density at radius 2 is 2.05 bits per heavy atom. The van der Waals surface area contributed by atoms with Crippen LogP contribution >= 0.6 is 0 Å². The summed E-state index contributed by atoms with van der Waals surface area (Å²) in [5.74, 6) is -0.142. The number of anilines is 1. The van der Waals surface area contributed by atoms with Crippen molar-refractivity contribution in [2.45, 2.75) is 44.1 Å². The summed E-state index contributed by atoms with van der Waals surface area (Å²) in [6.45, 7) is 0. The minimum Gasteiger partial charge on any atom is -0.389 e. The van der Waals surface area contributed by atoms with E-state index >= 15 is 0 Å². The van der Waals surface area contributed by atoms with Gasteiger partial charge in [0, 0.05) is 12.4 Å². The summed E-state index contributed by atoms with van der Waals surface area (Å²) in [4.78, 5) is 16.3. The number of nitrogens with zero attached hydrogens (tertiary/aromatic N) is 2. The van der Waals surface area contributed by atoms with Crippen LogP contribution < -0.4 is 5.32 Å². The quantitative estimate of drug-likeness (QED) is 0.912. The summed E-state index contributed by atoms with van der Waals surface area (Å²) in [7, 11) is 0. The maximum absolute atomic E-state index is 12.3. The van der Waals surface area contributed by atoms with Crippen LogP contribution in [-0.4, -0.2) is 26.2 Å². The second-order valence-electron chi connectivity index (χ2n) is 6.00. The predicted octanol–water partition coefficient (Wildman–Crippen LogP) is 2.90. The molecule has 0 atom stereocenters. The van der Waals surface area contributed by atoms with Gasteiger partial charge >= 0.3 is 0 Å². The summed E-state index contributed by atoms with van der Waals surface area (Å²) < 4.78 is 1.85. The zero-order valence-electron chi connectivity index (χ0n) is 12.5. The highest BCUT2D eigenvalue weighted by Gasteiger charge is 2.31. The molecule has 0 saturated heterocycles. The van der Waals surface area contributed by atoms with E-state index in [9.17, 15) is 9.90 Å². The molecule has 116 valence electrons. The van der Waals surface area contributed by atoms with E-state index in [0.29, 0.717) is 12.8 Å². The van der Waals surface area contributed by atoms with Crippen molar-refractivity contribution in [1.29, 1.82) is 0 Å². The number of amides is 1. The molecule has 5 nitrogen and oxygen atoms in total. The molecule has 1 heterocycles. The van der Waals surface area contributed by atoms with Gasteiger partial charge in [0.25, 0.3) is 0 Å². The molecule has 2 N–H and O–H groups in total. The Kier molecular flexibility index (Phi) is 4.24. The van der Waals surface area contributed by atoms with Crippen molar-refractivity contribution in [1.82, 2.24) is 9.55 Å². The number of nitrogens with one attached hydrogen (secondary N) is 1. The predicted molar refractivity (Wildman–Crippen MR) is 84.8 cm³/mol. The van der Waals surface area contributed by atoms with Crippen LogP contribution in [0, 0.1) is 0 Å². The molecule has 0 aliphatic heterocycles. The number of para-hydroxylation sites is 2. The zero-order valence-corrected chi connectivity index (χ0v) is 12.5. The van der Waals surface area contributed by atoms with Crippen molar-refractivity contribution in [2.24, 2.45) is 0 Å². The average Bonchev–Trinajstić information content (AvgIpc) is 3.02. The lowest BCUT2D eigenvalue weighted by molar-refractivity contribution is -0.122. The minimum atomic E-state index is -0.841. The van der Waals surface area contributed by atoms with Crippen LogP contribution in [0.5, 0.6) is 0 Å². The van der Waals surface area contributed by atoms with E-state index in [-0.39, 0.29) is 12.3 Å². The molecule has 1 aliphatic rings. The third-order valence-corrected chi connectivity index (χ3v) is 4.23. The topological polar surface area (TPSA) is 67.2 Å². The maximum Gasteiger partial charge on any atom is 0.227 e. The summed E-state index contributed by atoms with van der Waals surface area (Å²) in [5.41, 5.74) is 0.751.